The van der Waals surface area contributed by atoms with E-state index < -0.39 is 0 Å². The SMILES string of the molecule is C[CH-]CN(C)CC.[CH3-].[U+2]. The van der Waals surface area contributed by atoms with Gasteiger partial charge >= 0.3 is 31.1 Å². The molecular weight excluding hydrogens is 336 g/mol. The van der Waals surface area contributed by atoms with Crippen LogP contribution in [0.5, 0.6) is 0 Å². The van der Waals surface area contributed by atoms with Gasteiger partial charge in [0.2, 0.25) is 0 Å². The molecule has 0 atom stereocenters. The molecule has 0 heterocycles. The van der Waals surface area contributed by atoms with Crippen LogP contribution in [-0.4, -0.2) is 25.0 Å². The monoisotopic (exact) mass is 353 g/mol. The topological polar surface area (TPSA) is 3.24 Å². The van der Waals surface area contributed by atoms with Gasteiger partial charge in [-0.05, 0) is 13.6 Å². The van der Waals surface area contributed by atoms with Gasteiger partial charge in [0.25, 0.3) is 0 Å². The van der Waals surface area contributed by atoms with Gasteiger partial charge in [-0.2, -0.15) is 6.92 Å². The first kappa shape index (κ1) is 16.5. The number of hydrogen-bond acceptors (Lipinski definition) is 1. The van der Waals surface area contributed by atoms with Crippen LogP contribution in [0.25, 0.3) is 0 Å². The van der Waals surface area contributed by atoms with Crippen LogP contribution in [0.4, 0.5) is 0 Å². The third-order valence-electron chi connectivity index (χ3n) is 1.03. The van der Waals surface area contributed by atoms with E-state index in [2.05, 4.69) is 32.2 Å². The third-order valence-corrected chi connectivity index (χ3v) is 1.03. The Hall–Kier alpha value is 1.01. The van der Waals surface area contributed by atoms with Gasteiger partial charge in [0.15, 0.2) is 0 Å². The quantitative estimate of drug-likeness (QED) is 0.697. The molecule has 0 N–H and O–H groups in total. The molecule has 0 aliphatic carbocycles. The molecule has 54 valence electrons. The smallest absolute Gasteiger partial charge is 0.358 e. The van der Waals surface area contributed by atoms with Crippen LogP contribution in [0.15, 0.2) is 0 Å². The van der Waals surface area contributed by atoms with Crippen LogP contribution >= 0.6 is 0 Å². The van der Waals surface area contributed by atoms with Crippen LogP contribution < -0.4 is 0 Å². The first-order valence-electron chi connectivity index (χ1n) is 2.77. The zero-order chi connectivity index (χ0) is 5.70. The van der Waals surface area contributed by atoms with Crippen molar-refractivity contribution in [3.8, 4) is 0 Å². The Balaban J connectivity index is -0.000000180. The summed E-state index contributed by atoms with van der Waals surface area (Å²) >= 11 is 0. The summed E-state index contributed by atoms with van der Waals surface area (Å²) in [4.78, 5) is 2.25. The molecule has 1 nitrogen and oxygen atoms in total. The molecule has 0 saturated carbocycles. The average Bonchev–Trinajstić information content (AvgIpc) is 1.68. The van der Waals surface area contributed by atoms with Gasteiger partial charge in [-0.1, -0.05) is 6.92 Å². The summed E-state index contributed by atoms with van der Waals surface area (Å²) in [5.41, 5.74) is 0. The Bertz CT molecular complexity index is 39.9. The van der Waals surface area contributed by atoms with Gasteiger partial charge in [-0.15, -0.1) is 6.54 Å². The number of rotatable bonds is 3. The maximum atomic E-state index is 2.25. The molecule has 9 heavy (non-hydrogen) atoms. The maximum absolute atomic E-state index is 2.25. The molecule has 0 radical (unpaired) electrons. The van der Waals surface area contributed by atoms with Gasteiger partial charge in [-0.3, -0.25) is 0 Å². The van der Waals surface area contributed by atoms with E-state index in [1.54, 1.807) is 0 Å². The zero-order valence-corrected chi connectivity index (χ0v) is 11.1. The molecule has 0 fully saturated rings. The summed E-state index contributed by atoms with van der Waals surface area (Å²) in [6.07, 6.45) is 2.16. The molecule has 2 heteroatoms. The minimum absolute atomic E-state index is 0. The van der Waals surface area contributed by atoms with E-state index in [4.69, 9.17) is 0 Å². The van der Waals surface area contributed by atoms with Crippen molar-refractivity contribution in [3.05, 3.63) is 13.8 Å². The second-order valence-electron chi connectivity index (χ2n) is 1.76. The van der Waals surface area contributed by atoms with Gasteiger partial charge in [0, 0.05) is 0 Å². The minimum Gasteiger partial charge on any atom is -0.358 e. The van der Waals surface area contributed by atoms with E-state index in [-0.39, 0.29) is 38.5 Å². The van der Waals surface area contributed by atoms with Crippen molar-refractivity contribution in [2.24, 2.45) is 0 Å². The van der Waals surface area contributed by atoms with Crippen molar-refractivity contribution < 1.29 is 31.1 Å². The van der Waals surface area contributed by atoms with Crippen LogP contribution in [0.3, 0.4) is 0 Å². The standard InChI is InChI=1S/C6H14N.CH3.U/c1-4-6-7(3)5-2;;/h4H,5-6H2,1-3H3;1H3;/q2*-1;+2. The van der Waals surface area contributed by atoms with Gasteiger partial charge in [0.1, 0.15) is 0 Å². The Morgan fingerprint density at radius 2 is 1.89 bits per heavy atom. The first-order chi connectivity index (χ1) is 3.31. The van der Waals surface area contributed by atoms with Crippen LogP contribution in [0, 0.1) is 45.0 Å². The fourth-order valence-electron chi connectivity index (χ4n) is 0.441. The van der Waals surface area contributed by atoms with Crippen LogP contribution in [0.2, 0.25) is 0 Å². The largest absolute Gasteiger partial charge is 2.00 e. The molecule has 0 unspecified atom stereocenters. The molecule has 0 saturated heterocycles. The molecule has 0 aromatic heterocycles. The Morgan fingerprint density at radius 1 is 1.44 bits per heavy atom. The van der Waals surface area contributed by atoms with Crippen molar-refractivity contribution in [2.75, 3.05) is 20.1 Å². The van der Waals surface area contributed by atoms with E-state index in [0.717, 1.165) is 13.1 Å². The van der Waals surface area contributed by atoms with Crippen LogP contribution in [-0.2, 0) is 0 Å². The van der Waals surface area contributed by atoms with E-state index >= 15 is 0 Å². The summed E-state index contributed by atoms with van der Waals surface area (Å²) in [5, 5.41) is 0. The normalized spacial score (nSPS) is 8.00. The molecule has 0 rings (SSSR count). The van der Waals surface area contributed by atoms with Gasteiger partial charge in [-0.25, -0.2) is 0 Å². The third kappa shape index (κ3) is 12.3. The second kappa shape index (κ2) is 11.8. The molecular formula is C7H17NU. The maximum Gasteiger partial charge on any atom is 2.00 e. The van der Waals surface area contributed by atoms with E-state index in [9.17, 15) is 0 Å². The first-order valence-corrected chi connectivity index (χ1v) is 2.77. The zero-order valence-electron chi connectivity index (χ0n) is 6.94. The molecule has 0 bridgehead atoms. The van der Waals surface area contributed by atoms with E-state index in [1.807, 2.05) is 0 Å². The summed E-state index contributed by atoms with van der Waals surface area (Å²) in [5.74, 6) is 0. The Labute approximate surface area is 83.6 Å². The number of hydrogen-bond donors (Lipinski definition) is 0. The van der Waals surface area contributed by atoms with Crippen molar-refractivity contribution in [1.82, 2.24) is 4.90 Å². The predicted octanol–water partition coefficient (Wildman–Crippen LogP) is 1.61. The summed E-state index contributed by atoms with van der Waals surface area (Å²) in [6, 6.07) is 0. The molecule has 0 aromatic carbocycles. The Kier molecular flexibility index (Phi) is 21.6. The number of nitrogens with zero attached hydrogens (tertiary/aromatic N) is 1. The van der Waals surface area contributed by atoms with E-state index in [0.29, 0.717) is 0 Å². The molecule has 0 amide bonds. The van der Waals surface area contributed by atoms with Gasteiger partial charge < -0.3 is 18.7 Å². The average molecular weight is 353 g/mol. The Morgan fingerprint density at radius 3 is 2.00 bits per heavy atom. The molecule has 0 aromatic rings. The van der Waals surface area contributed by atoms with Crippen molar-refractivity contribution in [2.45, 2.75) is 13.8 Å². The van der Waals surface area contributed by atoms with Crippen molar-refractivity contribution >= 4 is 0 Å². The van der Waals surface area contributed by atoms with Crippen molar-refractivity contribution in [1.29, 1.82) is 0 Å². The fourth-order valence-corrected chi connectivity index (χ4v) is 0.441. The summed E-state index contributed by atoms with van der Waals surface area (Å²) in [6.45, 7) is 6.48. The van der Waals surface area contributed by atoms with Crippen LogP contribution in [0.1, 0.15) is 13.8 Å². The molecule has 0 aliphatic rings. The summed E-state index contributed by atoms with van der Waals surface area (Å²) in [7, 11) is 2.11. The minimum atomic E-state index is 0. The molecule has 0 spiro atoms. The molecule has 0 aliphatic heterocycles. The van der Waals surface area contributed by atoms with Gasteiger partial charge in [0.05, 0.1) is 0 Å². The second-order valence-corrected chi connectivity index (χ2v) is 1.76. The van der Waals surface area contributed by atoms with Crippen molar-refractivity contribution in [3.63, 3.8) is 0 Å². The fraction of sp³-hybridized carbons (Fsp3) is 0.714. The summed E-state index contributed by atoms with van der Waals surface area (Å²) < 4.78 is 0. The van der Waals surface area contributed by atoms with E-state index in [1.165, 1.54) is 0 Å². The predicted molar refractivity (Wildman–Crippen MR) is 39.6 cm³/mol.